The number of hydrogen-bond donors (Lipinski definition) is 1. The third-order valence-electron chi connectivity index (χ3n) is 1.90. The Balaban J connectivity index is 2.72. The first-order valence-electron chi connectivity index (χ1n) is 4.83. The molecule has 0 atom stereocenters. The number of nitrogens with zero attached hydrogens (tertiary/aromatic N) is 2. The third kappa shape index (κ3) is 3.75. The van der Waals surface area contributed by atoms with E-state index >= 15 is 0 Å². The molecule has 1 heterocycles. The number of carbonyl (C=O) groups is 1. The molecular weight excluding hydrogens is 338 g/mol. The summed E-state index contributed by atoms with van der Waals surface area (Å²) in [5, 5.41) is 2.74. The largest absolute Gasteiger partial charge is 0.355 e. The molecule has 4 nitrogen and oxygen atoms in total. The van der Waals surface area contributed by atoms with Gasteiger partial charge in [0.25, 0.3) is 0 Å². The quantitative estimate of drug-likeness (QED) is 0.905. The molecule has 1 amide bonds. The van der Waals surface area contributed by atoms with Crippen molar-refractivity contribution in [3.8, 4) is 0 Å². The molecule has 16 heavy (non-hydrogen) atoms. The lowest BCUT2D eigenvalue weighted by atomic mass is 10.4. The zero-order valence-corrected chi connectivity index (χ0v) is 12.3. The van der Waals surface area contributed by atoms with Crippen LogP contribution in [0.5, 0.6) is 0 Å². The molecule has 0 unspecified atom stereocenters. The fourth-order valence-electron chi connectivity index (χ4n) is 1.23. The number of halogens is 2. The highest BCUT2D eigenvalue weighted by Crippen LogP contribution is 2.25. The summed E-state index contributed by atoms with van der Waals surface area (Å²) >= 11 is 6.74. The molecule has 0 aliphatic rings. The van der Waals surface area contributed by atoms with Crippen molar-refractivity contribution in [1.82, 2.24) is 10.3 Å². The maximum absolute atomic E-state index is 11.4. The van der Waals surface area contributed by atoms with Crippen LogP contribution in [0.1, 0.15) is 6.92 Å². The van der Waals surface area contributed by atoms with Crippen LogP contribution in [0.4, 0.5) is 5.82 Å². The molecule has 0 bridgehead atoms. The minimum atomic E-state index is -0.0124. The number of amides is 1. The SMILES string of the molecule is CCNC(=O)CN(C)c1ncc(Br)cc1Br. The normalized spacial score (nSPS) is 10.0. The maximum atomic E-state index is 11.4. The minimum absolute atomic E-state index is 0.0124. The van der Waals surface area contributed by atoms with Crippen LogP contribution in [0, 0.1) is 0 Å². The molecule has 1 rings (SSSR count). The highest BCUT2D eigenvalue weighted by molar-refractivity contribution is 9.11. The van der Waals surface area contributed by atoms with Gasteiger partial charge < -0.3 is 10.2 Å². The zero-order valence-electron chi connectivity index (χ0n) is 9.13. The Morgan fingerprint density at radius 1 is 1.56 bits per heavy atom. The number of rotatable bonds is 4. The summed E-state index contributed by atoms with van der Waals surface area (Å²) in [4.78, 5) is 17.4. The molecule has 1 N–H and O–H groups in total. The molecule has 88 valence electrons. The van der Waals surface area contributed by atoms with Crippen LogP contribution in [0.15, 0.2) is 21.2 Å². The standard InChI is InChI=1S/C10H13Br2N3O/c1-3-13-9(16)6-15(2)10-8(12)4-7(11)5-14-10/h4-5H,3,6H2,1-2H3,(H,13,16). The van der Waals surface area contributed by atoms with E-state index in [1.165, 1.54) is 0 Å². The van der Waals surface area contributed by atoms with Gasteiger partial charge in [0.05, 0.1) is 11.0 Å². The number of pyridine rings is 1. The number of aromatic nitrogens is 1. The first-order valence-corrected chi connectivity index (χ1v) is 6.42. The Labute approximate surface area is 112 Å². The van der Waals surface area contributed by atoms with Crippen LogP contribution in [0.3, 0.4) is 0 Å². The number of anilines is 1. The minimum Gasteiger partial charge on any atom is -0.355 e. The van der Waals surface area contributed by atoms with Gasteiger partial charge in [0.1, 0.15) is 5.82 Å². The van der Waals surface area contributed by atoms with Crippen molar-refractivity contribution in [3.63, 3.8) is 0 Å². The fraction of sp³-hybridized carbons (Fsp3) is 0.400. The van der Waals surface area contributed by atoms with Gasteiger partial charge in [0.15, 0.2) is 0 Å². The molecule has 0 fully saturated rings. The Hall–Kier alpha value is -0.620. The average molecular weight is 351 g/mol. The summed E-state index contributed by atoms with van der Waals surface area (Å²) in [7, 11) is 1.83. The third-order valence-corrected chi connectivity index (χ3v) is 2.92. The van der Waals surface area contributed by atoms with Gasteiger partial charge in [-0.15, -0.1) is 0 Å². The molecule has 6 heteroatoms. The Morgan fingerprint density at radius 2 is 2.25 bits per heavy atom. The Morgan fingerprint density at radius 3 is 2.81 bits per heavy atom. The van der Waals surface area contributed by atoms with Crippen molar-refractivity contribution in [1.29, 1.82) is 0 Å². The van der Waals surface area contributed by atoms with Gasteiger partial charge in [-0.05, 0) is 44.8 Å². The topological polar surface area (TPSA) is 45.2 Å². The van der Waals surface area contributed by atoms with Crippen molar-refractivity contribution >= 4 is 43.6 Å². The van der Waals surface area contributed by atoms with Gasteiger partial charge in [0, 0.05) is 24.3 Å². The highest BCUT2D eigenvalue weighted by Gasteiger charge is 2.11. The first kappa shape index (κ1) is 13.4. The number of carbonyl (C=O) groups excluding carboxylic acids is 1. The van der Waals surface area contributed by atoms with E-state index in [0.717, 1.165) is 14.8 Å². The highest BCUT2D eigenvalue weighted by atomic mass is 79.9. The Kier molecular flexibility index (Phi) is 5.21. The smallest absolute Gasteiger partial charge is 0.239 e. The van der Waals surface area contributed by atoms with Crippen LogP contribution < -0.4 is 10.2 Å². The number of nitrogens with one attached hydrogen (secondary N) is 1. The average Bonchev–Trinajstić information content (AvgIpc) is 2.17. The van der Waals surface area contributed by atoms with Gasteiger partial charge in [-0.1, -0.05) is 0 Å². The summed E-state index contributed by atoms with van der Waals surface area (Å²) in [6, 6.07) is 1.90. The zero-order chi connectivity index (χ0) is 12.1. The van der Waals surface area contributed by atoms with Crippen LogP contribution in [0.25, 0.3) is 0 Å². The predicted molar refractivity (Wildman–Crippen MR) is 71.6 cm³/mol. The van der Waals surface area contributed by atoms with E-state index in [0.29, 0.717) is 13.1 Å². The molecule has 0 radical (unpaired) electrons. The summed E-state index contributed by atoms with van der Waals surface area (Å²) in [5.74, 6) is 0.732. The molecule has 1 aromatic rings. The molecule has 0 aliphatic heterocycles. The summed E-state index contributed by atoms with van der Waals surface area (Å²) in [6.07, 6.45) is 1.70. The second-order valence-corrected chi connectivity index (χ2v) is 5.04. The molecule has 1 aromatic heterocycles. The van der Waals surface area contributed by atoms with E-state index in [2.05, 4.69) is 42.2 Å². The molecule has 0 saturated heterocycles. The van der Waals surface area contributed by atoms with Crippen molar-refractivity contribution < 1.29 is 4.79 Å². The monoisotopic (exact) mass is 349 g/mol. The van der Waals surface area contributed by atoms with Crippen molar-refractivity contribution in [2.45, 2.75) is 6.92 Å². The molecule has 0 spiro atoms. The Bertz CT molecular complexity index is 384. The number of hydrogen-bond acceptors (Lipinski definition) is 3. The van der Waals surface area contributed by atoms with Gasteiger partial charge in [-0.2, -0.15) is 0 Å². The molecule has 0 saturated carbocycles. The molecule has 0 aliphatic carbocycles. The van der Waals surface area contributed by atoms with Gasteiger partial charge in [-0.25, -0.2) is 4.98 Å². The van der Waals surface area contributed by atoms with E-state index in [1.807, 2.05) is 20.0 Å². The van der Waals surface area contributed by atoms with Crippen LogP contribution in [-0.4, -0.2) is 31.0 Å². The lowest BCUT2D eigenvalue weighted by Gasteiger charge is -2.18. The summed E-state index contributed by atoms with van der Waals surface area (Å²) in [5.41, 5.74) is 0. The second-order valence-electron chi connectivity index (χ2n) is 3.27. The van der Waals surface area contributed by atoms with E-state index in [9.17, 15) is 4.79 Å². The predicted octanol–water partition coefficient (Wildman–Crippen LogP) is 2.18. The van der Waals surface area contributed by atoms with E-state index < -0.39 is 0 Å². The van der Waals surface area contributed by atoms with Crippen LogP contribution >= 0.6 is 31.9 Å². The van der Waals surface area contributed by atoms with Gasteiger partial charge in [0.2, 0.25) is 5.91 Å². The maximum Gasteiger partial charge on any atom is 0.239 e. The molecular formula is C10H13Br2N3O. The van der Waals surface area contributed by atoms with E-state index in [-0.39, 0.29) is 5.91 Å². The van der Waals surface area contributed by atoms with Crippen LogP contribution in [-0.2, 0) is 4.79 Å². The first-order chi connectivity index (χ1) is 7.54. The van der Waals surface area contributed by atoms with E-state index in [1.54, 1.807) is 11.1 Å². The second kappa shape index (κ2) is 6.20. The van der Waals surface area contributed by atoms with Crippen molar-refractivity contribution in [2.24, 2.45) is 0 Å². The fourth-order valence-corrected chi connectivity index (χ4v) is 2.52. The summed E-state index contributed by atoms with van der Waals surface area (Å²) in [6.45, 7) is 2.83. The van der Waals surface area contributed by atoms with E-state index in [4.69, 9.17) is 0 Å². The van der Waals surface area contributed by atoms with Gasteiger partial charge in [-0.3, -0.25) is 4.79 Å². The summed E-state index contributed by atoms with van der Waals surface area (Å²) < 4.78 is 1.75. The van der Waals surface area contributed by atoms with Crippen molar-refractivity contribution in [2.75, 3.05) is 25.0 Å². The number of likely N-dealkylation sites (N-methyl/N-ethyl adjacent to an activating group) is 2. The van der Waals surface area contributed by atoms with Crippen molar-refractivity contribution in [3.05, 3.63) is 21.2 Å². The molecule has 0 aromatic carbocycles. The lowest BCUT2D eigenvalue weighted by Crippen LogP contribution is -2.35. The van der Waals surface area contributed by atoms with Gasteiger partial charge >= 0.3 is 0 Å². The lowest BCUT2D eigenvalue weighted by molar-refractivity contribution is -0.119. The van der Waals surface area contributed by atoms with Crippen LogP contribution in [0.2, 0.25) is 0 Å².